The Bertz CT molecular complexity index is 419. The highest BCUT2D eigenvalue weighted by Gasteiger charge is 2.23. The van der Waals surface area contributed by atoms with E-state index in [1.807, 2.05) is 0 Å². The molecule has 1 heterocycles. The van der Waals surface area contributed by atoms with E-state index in [0.29, 0.717) is 5.92 Å². The maximum atomic E-state index is 5.34. The fourth-order valence-electron chi connectivity index (χ4n) is 2.85. The number of nitrogens with zero attached hydrogens (tertiary/aromatic N) is 2. The molecule has 2 rings (SSSR count). The number of nitrogens with one attached hydrogen (secondary N) is 1. The topological polar surface area (TPSA) is 33.6 Å². The van der Waals surface area contributed by atoms with Gasteiger partial charge in [-0.1, -0.05) is 40.0 Å². The molecule has 1 saturated carbocycles. The minimum atomic E-state index is 0.432. The van der Waals surface area contributed by atoms with Gasteiger partial charge in [0, 0.05) is 12.5 Å². The Hall–Kier alpha value is -0.640. The zero-order valence-electron chi connectivity index (χ0n) is 11.1. The molecule has 0 aliphatic heterocycles. The van der Waals surface area contributed by atoms with E-state index in [1.165, 1.54) is 25.7 Å². The van der Waals surface area contributed by atoms with Gasteiger partial charge in [0.2, 0.25) is 0 Å². The van der Waals surface area contributed by atoms with Gasteiger partial charge in [0.1, 0.15) is 5.82 Å². The zero-order valence-corrected chi connectivity index (χ0v) is 11.9. The third-order valence-corrected chi connectivity index (χ3v) is 4.32. The Labute approximate surface area is 109 Å². The molecule has 17 heavy (non-hydrogen) atoms. The first-order chi connectivity index (χ1) is 8.09. The molecular weight excluding hydrogens is 230 g/mol. The van der Waals surface area contributed by atoms with Crippen LogP contribution in [0.2, 0.25) is 0 Å². The van der Waals surface area contributed by atoms with E-state index in [2.05, 4.69) is 35.5 Å². The van der Waals surface area contributed by atoms with Gasteiger partial charge in [0.25, 0.3) is 0 Å². The molecule has 0 bridgehead atoms. The van der Waals surface area contributed by atoms with Gasteiger partial charge >= 0.3 is 0 Å². The predicted molar refractivity (Wildman–Crippen MR) is 72.6 cm³/mol. The lowest BCUT2D eigenvalue weighted by Crippen LogP contribution is -2.23. The third-order valence-electron chi connectivity index (χ3n) is 4.01. The second kappa shape index (κ2) is 5.34. The summed E-state index contributed by atoms with van der Waals surface area (Å²) < 4.78 is 3.00. The smallest absolute Gasteiger partial charge is 0.195 e. The molecule has 0 spiro atoms. The average Bonchev–Trinajstić information content (AvgIpc) is 2.64. The zero-order chi connectivity index (χ0) is 12.4. The average molecular weight is 253 g/mol. The highest BCUT2D eigenvalue weighted by atomic mass is 32.1. The monoisotopic (exact) mass is 253 g/mol. The van der Waals surface area contributed by atoms with Crippen molar-refractivity contribution in [2.75, 3.05) is 0 Å². The molecule has 96 valence electrons. The van der Waals surface area contributed by atoms with Crippen molar-refractivity contribution in [2.45, 2.75) is 58.9 Å². The van der Waals surface area contributed by atoms with Crippen molar-refractivity contribution in [3.05, 3.63) is 10.6 Å². The third kappa shape index (κ3) is 2.79. The molecule has 2 unspecified atom stereocenters. The van der Waals surface area contributed by atoms with Crippen LogP contribution in [0.5, 0.6) is 0 Å². The summed E-state index contributed by atoms with van der Waals surface area (Å²) in [4.78, 5) is 0. The lowest BCUT2D eigenvalue weighted by Gasteiger charge is -2.29. The Morgan fingerprint density at radius 1 is 1.41 bits per heavy atom. The molecule has 1 aromatic rings. The largest absolute Gasteiger partial charge is 0.304 e. The quantitative estimate of drug-likeness (QED) is 0.829. The molecule has 1 fully saturated rings. The number of H-pyrrole nitrogens is 1. The molecule has 4 heteroatoms. The van der Waals surface area contributed by atoms with E-state index in [0.717, 1.165) is 29.0 Å². The number of aromatic nitrogens is 3. The normalized spacial score (nSPS) is 25.4. The fraction of sp³-hybridized carbons (Fsp3) is 0.846. The Morgan fingerprint density at radius 3 is 2.76 bits per heavy atom. The van der Waals surface area contributed by atoms with E-state index in [4.69, 9.17) is 12.2 Å². The van der Waals surface area contributed by atoms with Crippen molar-refractivity contribution in [1.29, 1.82) is 0 Å². The maximum absolute atomic E-state index is 5.34. The molecule has 0 saturated heterocycles. The van der Waals surface area contributed by atoms with Gasteiger partial charge in [0.15, 0.2) is 4.77 Å². The van der Waals surface area contributed by atoms with Crippen LogP contribution in [0.1, 0.15) is 58.2 Å². The molecule has 0 radical (unpaired) electrons. The first-order valence-electron chi connectivity index (χ1n) is 6.74. The lowest BCUT2D eigenvalue weighted by atomic mass is 9.80. The second-order valence-electron chi connectivity index (χ2n) is 5.67. The first kappa shape index (κ1) is 12.8. The van der Waals surface area contributed by atoms with Gasteiger partial charge in [0.05, 0.1) is 0 Å². The van der Waals surface area contributed by atoms with E-state index in [1.54, 1.807) is 0 Å². The maximum Gasteiger partial charge on any atom is 0.195 e. The van der Waals surface area contributed by atoms with Crippen LogP contribution >= 0.6 is 12.2 Å². The minimum Gasteiger partial charge on any atom is -0.304 e. The molecular formula is C13H23N3S. The van der Waals surface area contributed by atoms with Crippen LogP contribution < -0.4 is 0 Å². The second-order valence-corrected chi connectivity index (χ2v) is 6.06. The molecule has 3 nitrogen and oxygen atoms in total. The molecule has 1 aliphatic rings. The van der Waals surface area contributed by atoms with Crippen molar-refractivity contribution in [1.82, 2.24) is 14.8 Å². The van der Waals surface area contributed by atoms with E-state index >= 15 is 0 Å². The van der Waals surface area contributed by atoms with E-state index in [9.17, 15) is 0 Å². The van der Waals surface area contributed by atoms with Crippen LogP contribution in [0.4, 0.5) is 0 Å². The highest BCUT2D eigenvalue weighted by Crippen LogP contribution is 2.31. The van der Waals surface area contributed by atoms with Crippen molar-refractivity contribution in [2.24, 2.45) is 11.8 Å². The number of rotatable bonds is 3. The summed E-state index contributed by atoms with van der Waals surface area (Å²) in [6, 6.07) is 0. The van der Waals surface area contributed by atoms with Crippen LogP contribution in [0, 0.1) is 16.6 Å². The summed E-state index contributed by atoms with van der Waals surface area (Å²) in [5.74, 6) is 3.13. The van der Waals surface area contributed by atoms with E-state index in [-0.39, 0.29) is 0 Å². The molecule has 1 N–H and O–H groups in total. The Balaban J connectivity index is 2.17. The Morgan fingerprint density at radius 2 is 2.12 bits per heavy atom. The Kier molecular flexibility index (Phi) is 4.02. The number of hydrogen-bond acceptors (Lipinski definition) is 2. The number of aromatic amines is 1. The van der Waals surface area contributed by atoms with Gasteiger partial charge < -0.3 is 4.57 Å². The molecule has 1 aliphatic carbocycles. The van der Waals surface area contributed by atoms with Crippen LogP contribution in [-0.4, -0.2) is 14.8 Å². The first-order valence-corrected chi connectivity index (χ1v) is 7.15. The standard InChI is InChI=1S/C13H23N3S/c1-9(2)12-14-15-13(17)16(12)8-11-7-5-4-6-10(11)3/h9-11H,4-8H2,1-3H3,(H,15,17). The van der Waals surface area contributed by atoms with Crippen molar-refractivity contribution < 1.29 is 0 Å². The fourth-order valence-corrected chi connectivity index (χ4v) is 3.06. The van der Waals surface area contributed by atoms with Crippen LogP contribution in [0.15, 0.2) is 0 Å². The highest BCUT2D eigenvalue weighted by molar-refractivity contribution is 7.71. The van der Waals surface area contributed by atoms with Gasteiger partial charge in [-0.05, 0) is 30.5 Å². The van der Waals surface area contributed by atoms with Crippen molar-refractivity contribution >= 4 is 12.2 Å². The molecule has 0 amide bonds. The van der Waals surface area contributed by atoms with Crippen LogP contribution in [-0.2, 0) is 6.54 Å². The summed E-state index contributed by atoms with van der Waals surface area (Å²) in [6.07, 6.45) is 5.47. The van der Waals surface area contributed by atoms with E-state index < -0.39 is 0 Å². The van der Waals surface area contributed by atoms with Crippen molar-refractivity contribution in [3.63, 3.8) is 0 Å². The molecule has 2 atom stereocenters. The summed E-state index contributed by atoms with van der Waals surface area (Å²) >= 11 is 5.34. The predicted octanol–water partition coefficient (Wildman–Crippen LogP) is 3.89. The number of hydrogen-bond donors (Lipinski definition) is 1. The lowest BCUT2D eigenvalue weighted by molar-refractivity contribution is 0.225. The minimum absolute atomic E-state index is 0.432. The van der Waals surface area contributed by atoms with Gasteiger partial charge in [-0.25, -0.2) is 0 Å². The molecule has 0 aromatic carbocycles. The van der Waals surface area contributed by atoms with Gasteiger partial charge in [-0.15, -0.1) is 0 Å². The van der Waals surface area contributed by atoms with Crippen LogP contribution in [0.25, 0.3) is 0 Å². The summed E-state index contributed by atoms with van der Waals surface area (Å²) in [6.45, 7) is 7.77. The molecule has 1 aromatic heterocycles. The van der Waals surface area contributed by atoms with Gasteiger partial charge in [-0.3, -0.25) is 5.10 Å². The summed E-state index contributed by atoms with van der Waals surface area (Å²) in [7, 11) is 0. The summed E-state index contributed by atoms with van der Waals surface area (Å²) in [5.41, 5.74) is 0. The SMILES string of the molecule is CC(C)c1n[nH]c(=S)n1CC1CCCCC1C. The van der Waals surface area contributed by atoms with Crippen LogP contribution in [0.3, 0.4) is 0 Å². The summed E-state index contributed by atoms with van der Waals surface area (Å²) in [5, 5.41) is 7.29. The van der Waals surface area contributed by atoms with Crippen molar-refractivity contribution in [3.8, 4) is 0 Å². The van der Waals surface area contributed by atoms with Gasteiger partial charge in [-0.2, -0.15) is 5.10 Å².